The van der Waals surface area contributed by atoms with Gasteiger partial charge in [-0.1, -0.05) is 33.1 Å². The van der Waals surface area contributed by atoms with Crippen molar-refractivity contribution in [2.45, 2.75) is 84.3 Å². The van der Waals surface area contributed by atoms with Crippen LogP contribution in [0.2, 0.25) is 0 Å². The predicted octanol–water partition coefficient (Wildman–Crippen LogP) is -0.141. The molecule has 0 bridgehead atoms. The summed E-state index contributed by atoms with van der Waals surface area (Å²) in [5, 5.41) is 7.17. The number of nitrogens with zero attached hydrogens (tertiary/aromatic N) is 1. The molecule has 38 heavy (non-hydrogen) atoms. The maximum atomic E-state index is 12.8. The molecule has 0 saturated carbocycles. The first-order chi connectivity index (χ1) is 17.6. The van der Waals surface area contributed by atoms with Crippen LogP contribution in [0.4, 0.5) is 0 Å². The van der Waals surface area contributed by atoms with Crippen LogP contribution in [-0.4, -0.2) is 83.6 Å². The van der Waals surface area contributed by atoms with Gasteiger partial charge in [-0.3, -0.25) is 38.2 Å². The number of carbonyl (C=O) groups excluding carboxylic acids is 6. The number of hydrogen-bond donors (Lipinski definition) is 4. The Labute approximate surface area is 222 Å². The normalized spacial score (nSPS) is 15.8. The van der Waals surface area contributed by atoms with E-state index in [-0.39, 0.29) is 24.0 Å². The summed E-state index contributed by atoms with van der Waals surface area (Å²) in [6, 6.07) is -3.55. The van der Waals surface area contributed by atoms with Gasteiger partial charge in [-0.2, -0.15) is 8.42 Å². The third-order valence-electron chi connectivity index (χ3n) is 5.93. The van der Waals surface area contributed by atoms with E-state index in [1.807, 2.05) is 0 Å². The third kappa shape index (κ3) is 11.9. The molecule has 0 unspecified atom stereocenters. The molecule has 0 fully saturated rings. The van der Waals surface area contributed by atoms with Crippen LogP contribution in [-0.2, 0) is 38.9 Å². The second kappa shape index (κ2) is 15.3. The Morgan fingerprint density at radius 1 is 0.868 bits per heavy atom. The van der Waals surface area contributed by atoms with Gasteiger partial charge in [0.2, 0.25) is 17.7 Å². The van der Waals surface area contributed by atoms with Gasteiger partial charge in [0.1, 0.15) is 17.8 Å². The molecule has 0 aromatic rings. The molecule has 0 radical (unpaired) electrons. The molecule has 3 atom stereocenters. The first kappa shape index (κ1) is 32.9. The van der Waals surface area contributed by atoms with E-state index in [9.17, 15) is 41.7 Å². The van der Waals surface area contributed by atoms with E-state index in [2.05, 4.69) is 16.0 Å². The Bertz CT molecular complexity index is 1020. The fraction of sp³-hybridized carbons (Fsp3) is 0.667. The monoisotopic (exact) mass is 558 g/mol. The zero-order chi connectivity index (χ0) is 29.0. The van der Waals surface area contributed by atoms with Gasteiger partial charge in [-0.15, -0.1) is 0 Å². The molecule has 14 heteroatoms. The molecule has 1 heterocycles. The molecule has 0 aromatic heterocycles. The van der Waals surface area contributed by atoms with Gasteiger partial charge in [0.15, 0.2) is 5.78 Å². The molecule has 4 N–H and O–H groups in total. The summed E-state index contributed by atoms with van der Waals surface area (Å²) in [5.41, 5.74) is 0. The lowest BCUT2D eigenvalue weighted by Gasteiger charge is -2.26. The summed E-state index contributed by atoms with van der Waals surface area (Å²) in [6.45, 7) is 6.37. The van der Waals surface area contributed by atoms with Gasteiger partial charge < -0.3 is 16.0 Å². The summed E-state index contributed by atoms with van der Waals surface area (Å²) in [4.78, 5) is 73.3. The van der Waals surface area contributed by atoms with Crippen molar-refractivity contribution < 1.29 is 41.7 Å². The molecule has 0 saturated heterocycles. The highest BCUT2D eigenvalue weighted by atomic mass is 32.2. The number of carbonyl (C=O) groups is 6. The highest BCUT2D eigenvalue weighted by Gasteiger charge is 2.32. The van der Waals surface area contributed by atoms with Crippen molar-refractivity contribution in [1.29, 1.82) is 0 Å². The summed E-state index contributed by atoms with van der Waals surface area (Å²) < 4.78 is 32.2. The molecule has 1 aliphatic heterocycles. The highest BCUT2D eigenvalue weighted by molar-refractivity contribution is 7.85. The maximum absolute atomic E-state index is 12.8. The van der Waals surface area contributed by atoms with E-state index in [1.54, 1.807) is 13.8 Å². The second-order valence-electron chi connectivity index (χ2n) is 9.62. The zero-order valence-electron chi connectivity index (χ0n) is 22.2. The molecule has 0 aromatic carbocycles. The van der Waals surface area contributed by atoms with Crippen LogP contribution in [0.1, 0.15) is 66.2 Å². The Balaban J connectivity index is 2.57. The fourth-order valence-corrected chi connectivity index (χ4v) is 4.25. The van der Waals surface area contributed by atoms with Crippen molar-refractivity contribution in [3.63, 3.8) is 0 Å². The largest absolute Gasteiger partial charge is 0.345 e. The first-order valence-electron chi connectivity index (χ1n) is 12.5. The van der Waals surface area contributed by atoms with Crippen LogP contribution in [0, 0.1) is 5.92 Å². The Kier molecular flexibility index (Phi) is 13.3. The third-order valence-corrected chi connectivity index (χ3v) is 6.69. The molecule has 0 aliphatic carbocycles. The van der Waals surface area contributed by atoms with Crippen molar-refractivity contribution >= 4 is 45.4 Å². The number of hydrogen-bond acceptors (Lipinski definition) is 8. The Morgan fingerprint density at radius 3 is 1.95 bits per heavy atom. The van der Waals surface area contributed by atoms with Crippen molar-refractivity contribution in [2.75, 3.05) is 12.3 Å². The zero-order valence-corrected chi connectivity index (χ0v) is 23.0. The first-order valence-corrected chi connectivity index (χ1v) is 14.1. The Morgan fingerprint density at radius 2 is 1.42 bits per heavy atom. The lowest BCUT2D eigenvalue weighted by Crippen LogP contribution is -2.58. The predicted molar refractivity (Wildman–Crippen MR) is 137 cm³/mol. The van der Waals surface area contributed by atoms with Gasteiger partial charge in [0.25, 0.3) is 21.9 Å². The minimum absolute atomic E-state index is 0.00745. The molecular weight excluding hydrogens is 520 g/mol. The number of imide groups is 1. The van der Waals surface area contributed by atoms with Crippen molar-refractivity contribution in [3.05, 3.63) is 12.2 Å². The van der Waals surface area contributed by atoms with E-state index in [4.69, 9.17) is 0 Å². The minimum atomic E-state index is -4.65. The van der Waals surface area contributed by atoms with Gasteiger partial charge >= 0.3 is 0 Å². The molecule has 0 spiro atoms. The number of nitrogens with one attached hydrogen (secondary N) is 3. The number of rotatable bonds is 17. The smallest absolute Gasteiger partial charge is 0.267 e. The average Bonchev–Trinajstić information content (AvgIpc) is 3.11. The second-order valence-corrected chi connectivity index (χ2v) is 11.1. The Hall–Kier alpha value is -3.13. The lowest BCUT2D eigenvalue weighted by molar-refractivity contribution is -0.137. The van der Waals surface area contributed by atoms with E-state index in [1.165, 1.54) is 26.0 Å². The molecule has 1 aliphatic rings. The van der Waals surface area contributed by atoms with E-state index in [0.717, 1.165) is 17.7 Å². The van der Waals surface area contributed by atoms with Crippen LogP contribution < -0.4 is 16.0 Å². The number of ketones is 1. The van der Waals surface area contributed by atoms with E-state index in [0.29, 0.717) is 25.8 Å². The number of Topliss-reactive ketones (excluding diaryl/α,β-unsaturated/α-hetero) is 1. The molecule has 214 valence electrons. The minimum Gasteiger partial charge on any atom is -0.345 e. The standard InChI is InChI=1S/C24H38N4O9S/c1-15(2)22(24(34)25-16(3)17(4)29)27-23(33)18(14-38(35,36)37)26-19(30)10-8-6-5-7-9-13-28-20(31)11-12-21(28)32/h11-12,15-16,18,22H,5-10,13-14H2,1-4H3,(H,25,34)(H,26,30)(H,27,33)(H,35,36,37)/t16-,18-,22-/m0/s1. The van der Waals surface area contributed by atoms with E-state index < -0.39 is 57.6 Å². The maximum Gasteiger partial charge on any atom is 0.267 e. The van der Waals surface area contributed by atoms with Gasteiger partial charge in [0.05, 0.1) is 6.04 Å². The fourth-order valence-electron chi connectivity index (χ4n) is 3.59. The van der Waals surface area contributed by atoms with Crippen LogP contribution in [0.5, 0.6) is 0 Å². The lowest BCUT2D eigenvalue weighted by atomic mass is 10.0. The number of amides is 5. The quantitative estimate of drug-likeness (QED) is 0.107. The number of unbranched alkanes of at least 4 members (excludes halogenated alkanes) is 4. The van der Waals surface area contributed by atoms with Crippen molar-refractivity contribution in [2.24, 2.45) is 5.92 Å². The molecule has 5 amide bonds. The van der Waals surface area contributed by atoms with Gasteiger partial charge in [0, 0.05) is 25.1 Å². The van der Waals surface area contributed by atoms with Crippen molar-refractivity contribution in [1.82, 2.24) is 20.9 Å². The van der Waals surface area contributed by atoms with E-state index >= 15 is 0 Å². The van der Waals surface area contributed by atoms with Crippen LogP contribution in [0.15, 0.2) is 12.2 Å². The van der Waals surface area contributed by atoms with Crippen LogP contribution in [0.3, 0.4) is 0 Å². The summed E-state index contributed by atoms with van der Waals surface area (Å²) in [6.07, 6.45) is 5.61. The molecular formula is C24H38N4O9S. The summed E-state index contributed by atoms with van der Waals surface area (Å²) in [5.74, 6) is -4.70. The van der Waals surface area contributed by atoms with Crippen LogP contribution >= 0.6 is 0 Å². The molecule has 1 rings (SSSR count). The molecule has 13 nitrogen and oxygen atoms in total. The van der Waals surface area contributed by atoms with Gasteiger partial charge in [-0.25, -0.2) is 0 Å². The summed E-state index contributed by atoms with van der Waals surface area (Å²) >= 11 is 0. The van der Waals surface area contributed by atoms with Gasteiger partial charge in [-0.05, 0) is 32.6 Å². The van der Waals surface area contributed by atoms with Crippen LogP contribution in [0.25, 0.3) is 0 Å². The summed E-state index contributed by atoms with van der Waals surface area (Å²) in [7, 11) is -4.65. The SMILES string of the molecule is CC(=O)[C@H](C)NC(=O)[C@@H](NC(=O)[C@H](CS(=O)(=O)O)NC(=O)CCCCCCCN1C(=O)C=CC1=O)C(C)C. The highest BCUT2D eigenvalue weighted by Crippen LogP contribution is 2.10. The average molecular weight is 559 g/mol. The topological polar surface area (TPSA) is 196 Å². The van der Waals surface area contributed by atoms with Crippen molar-refractivity contribution in [3.8, 4) is 0 Å².